The van der Waals surface area contributed by atoms with Crippen LogP contribution in [-0.2, 0) is 16.8 Å². The molecule has 1 amide bonds. The van der Waals surface area contributed by atoms with E-state index in [0.29, 0.717) is 29.8 Å². The Bertz CT molecular complexity index is 828. The van der Waals surface area contributed by atoms with Gasteiger partial charge < -0.3 is 15.7 Å². The number of nitrogens with two attached hydrogens (primary N) is 2. The Morgan fingerprint density at radius 2 is 1.88 bits per heavy atom. The fraction of sp³-hybridized carbons (Fsp3) is 0.267. The van der Waals surface area contributed by atoms with Crippen molar-refractivity contribution < 1.29 is 18.3 Å². The fourth-order valence-corrected chi connectivity index (χ4v) is 3.10. The molecule has 8 nitrogen and oxygen atoms in total. The molecule has 24 heavy (non-hydrogen) atoms. The molecule has 0 aliphatic carbocycles. The molecule has 130 valence electrons. The molecule has 0 unspecified atom stereocenters. The molecule has 0 radical (unpaired) electrons. The summed E-state index contributed by atoms with van der Waals surface area (Å²) in [5.74, 6) is -0.156. The van der Waals surface area contributed by atoms with E-state index in [-0.39, 0.29) is 11.6 Å². The average molecular weight is 352 g/mol. The summed E-state index contributed by atoms with van der Waals surface area (Å²) in [4.78, 5) is 13.7. The number of carbonyl (C=O) groups is 1. The molecule has 0 saturated heterocycles. The number of carbonyl (C=O) groups excluding carboxylic acids is 1. The molecule has 2 rings (SSSR count). The number of likely N-dealkylation sites (N-methyl/N-ethyl adjacent to an activating group) is 1. The number of hydrogen-bond donors (Lipinski definition) is 3. The van der Waals surface area contributed by atoms with Gasteiger partial charge in [0, 0.05) is 37.5 Å². The Balaban J connectivity index is 2.35. The van der Waals surface area contributed by atoms with E-state index in [1.165, 1.54) is 11.1 Å². The molecule has 0 bridgehead atoms. The normalized spacial score (nSPS) is 11.5. The van der Waals surface area contributed by atoms with Crippen molar-refractivity contribution >= 4 is 16.1 Å². The zero-order valence-corrected chi connectivity index (χ0v) is 14.0. The van der Waals surface area contributed by atoms with E-state index in [4.69, 9.17) is 10.9 Å². The summed E-state index contributed by atoms with van der Waals surface area (Å²) in [6, 6.07) is 8.20. The van der Waals surface area contributed by atoms with Crippen LogP contribution in [0.4, 0.5) is 0 Å². The first-order chi connectivity index (χ1) is 11.3. The fourth-order valence-electron chi connectivity index (χ4n) is 2.41. The maximum absolute atomic E-state index is 12.2. The first-order valence-corrected chi connectivity index (χ1v) is 8.70. The van der Waals surface area contributed by atoms with Crippen molar-refractivity contribution in [2.45, 2.75) is 6.61 Å². The van der Waals surface area contributed by atoms with Gasteiger partial charge in [0.1, 0.15) is 0 Å². The lowest BCUT2D eigenvalue weighted by Crippen LogP contribution is -2.31. The Morgan fingerprint density at radius 1 is 1.25 bits per heavy atom. The molecule has 0 aliphatic rings. The number of benzene rings is 1. The van der Waals surface area contributed by atoms with E-state index >= 15 is 0 Å². The second kappa shape index (κ2) is 7.14. The lowest BCUT2D eigenvalue weighted by atomic mass is 10.0. The van der Waals surface area contributed by atoms with Crippen molar-refractivity contribution in [1.29, 1.82) is 0 Å². The van der Waals surface area contributed by atoms with Gasteiger partial charge in [-0.1, -0.05) is 12.1 Å². The van der Waals surface area contributed by atoms with Gasteiger partial charge in [-0.05, 0) is 23.8 Å². The van der Waals surface area contributed by atoms with E-state index in [9.17, 15) is 18.3 Å². The largest absolute Gasteiger partial charge is 0.390 e. The summed E-state index contributed by atoms with van der Waals surface area (Å²) in [6.45, 7) is 0.340. The molecule has 2 aromatic rings. The molecule has 9 heteroatoms. The third-order valence-corrected chi connectivity index (χ3v) is 4.52. The lowest BCUT2D eigenvalue weighted by Gasteiger charge is -2.16. The standard InChI is InChI=1S/C15H20N4O4S/c1-18(9-7-16)15(21)12-4-2-11(3-5-12)13-6-8-19(14(13)10-20)24(17,22)23/h2-6,8,20H,7,9-10,16H2,1H3,(H2,17,22,23). The van der Waals surface area contributed by atoms with E-state index < -0.39 is 16.8 Å². The van der Waals surface area contributed by atoms with Crippen molar-refractivity contribution in [1.82, 2.24) is 8.87 Å². The van der Waals surface area contributed by atoms with Crippen LogP contribution in [0.5, 0.6) is 0 Å². The van der Waals surface area contributed by atoms with Crippen molar-refractivity contribution in [2.24, 2.45) is 10.9 Å². The van der Waals surface area contributed by atoms with Gasteiger partial charge in [-0.2, -0.15) is 8.42 Å². The van der Waals surface area contributed by atoms with Gasteiger partial charge in [-0.3, -0.25) is 4.79 Å². The molecule has 1 aromatic heterocycles. The molecular weight excluding hydrogens is 332 g/mol. The topological polar surface area (TPSA) is 132 Å². The number of aromatic nitrogens is 1. The van der Waals surface area contributed by atoms with Crippen LogP contribution in [0.1, 0.15) is 16.1 Å². The van der Waals surface area contributed by atoms with E-state index in [0.717, 1.165) is 3.97 Å². The van der Waals surface area contributed by atoms with Crippen molar-refractivity contribution in [3.63, 3.8) is 0 Å². The van der Waals surface area contributed by atoms with Gasteiger partial charge in [0.15, 0.2) is 0 Å². The average Bonchev–Trinajstić information content (AvgIpc) is 2.98. The number of aliphatic hydroxyl groups is 1. The summed E-state index contributed by atoms with van der Waals surface area (Å²) in [6.07, 6.45) is 1.28. The molecule has 5 N–H and O–H groups in total. The second-order valence-electron chi connectivity index (χ2n) is 5.27. The first kappa shape index (κ1) is 18.1. The van der Waals surface area contributed by atoms with Crippen LogP contribution in [-0.4, -0.2) is 48.4 Å². The summed E-state index contributed by atoms with van der Waals surface area (Å²) in [5.41, 5.74) is 7.29. The third-order valence-electron chi connectivity index (χ3n) is 3.63. The molecule has 0 fully saturated rings. The first-order valence-electron chi connectivity index (χ1n) is 7.20. The van der Waals surface area contributed by atoms with Crippen LogP contribution in [0.15, 0.2) is 36.5 Å². The van der Waals surface area contributed by atoms with Gasteiger partial charge in [0.2, 0.25) is 0 Å². The number of aliphatic hydroxyl groups excluding tert-OH is 1. The SMILES string of the molecule is CN(CCN)C(=O)c1ccc(-c2ccn(S(N)(=O)=O)c2CO)cc1. The number of rotatable bonds is 6. The van der Waals surface area contributed by atoms with Crippen LogP contribution >= 0.6 is 0 Å². The molecule has 1 heterocycles. The Kier molecular flexibility index (Phi) is 5.40. The van der Waals surface area contributed by atoms with Crippen molar-refractivity contribution in [3.8, 4) is 11.1 Å². The minimum atomic E-state index is -3.99. The van der Waals surface area contributed by atoms with Crippen LogP contribution in [0, 0.1) is 0 Å². The monoisotopic (exact) mass is 352 g/mol. The highest BCUT2D eigenvalue weighted by Gasteiger charge is 2.17. The Morgan fingerprint density at radius 3 is 2.38 bits per heavy atom. The zero-order chi connectivity index (χ0) is 17.9. The quantitative estimate of drug-likeness (QED) is 0.658. The number of nitrogens with zero attached hydrogens (tertiary/aromatic N) is 2. The summed E-state index contributed by atoms with van der Waals surface area (Å²) in [5, 5.41) is 14.6. The third kappa shape index (κ3) is 3.65. The van der Waals surface area contributed by atoms with E-state index in [1.807, 2.05) is 0 Å². The predicted molar refractivity (Wildman–Crippen MR) is 90.3 cm³/mol. The van der Waals surface area contributed by atoms with Crippen molar-refractivity contribution in [2.75, 3.05) is 20.1 Å². The lowest BCUT2D eigenvalue weighted by molar-refractivity contribution is 0.0799. The van der Waals surface area contributed by atoms with Crippen LogP contribution in [0.3, 0.4) is 0 Å². The number of hydrogen-bond acceptors (Lipinski definition) is 5. The van der Waals surface area contributed by atoms with Gasteiger partial charge in [0.05, 0.1) is 12.3 Å². The molecule has 0 atom stereocenters. The Hall–Kier alpha value is -2.20. The van der Waals surface area contributed by atoms with Crippen molar-refractivity contribution in [3.05, 3.63) is 47.8 Å². The minimum Gasteiger partial charge on any atom is -0.390 e. The van der Waals surface area contributed by atoms with E-state index in [1.54, 1.807) is 37.4 Å². The second-order valence-corrected chi connectivity index (χ2v) is 6.69. The van der Waals surface area contributed by atoms with Gasteiger partial charge in [0.25, 0.3) is 5.91 Å². The summed E-state index contributed by atoms with van der Waals surface area (Å²) >= 11 is 0. The summed E-state index contributed by atoms with van der Waals surface area (Å²) in [7, 11) is -2.32. The maximum Gasteiger partial charge on any atom is 0.302 e. The molecule has 0 aliphatic heterocycles. The highest BCUT2D eigenvalue weighted by Crippen LogP contribution is 2.26. The molecular formula is C15H20N4O4S. The number of amides is 1. The predicted octanol–water partition coefficient (Wildman–Crippen LogP) is -0.270. The zero-order valence-electron chi connectivity index (χ0n) is 13.2. The van der Waals surface area contributed by atoms with Crippen LogP contribution in [0.2, 0.25) is 0 Å². The summed E-state index contributed by atoms with van der Waals surface area (Å²) < 4.78 is 23.8. The highest BCUT2D eigenvalue weighted by atomic mass is 32.2. The van der Waals surface area contributed by atoms with E-state index in [2.05, 4.69) is 0 Å². The Labute approximate surface area is 140 Å². The highest BCUT2D eigenvalue weighted by molar-refractivity contribution is 7.87. The molecule has 1 aromatic carbocycles. The molecule has 0 saturated carbocycles. The minimum absolute atomic E-state index is 0.156. The van der Waals surface area contributed by atoms with Crippen LogP contribution < -0.4 is 10.9 Å². The smallest absolute Gasteiger partial charge is 0.302 e. The van der Waals surface area contributed by atoms with Gasteiger partial charge in [-0.15, -0.1) is 0 Å². The van der Waals surface area contributed by atoms with Crippen LogP contribution in [0.25, 0.3) is 11.1 Å². The van der Waals surface area contributed by atoms with Gasteiger partial charge >= 0.3 is 10.2 Å². The van der Waals surface area contributed by atoms with Gasteiger partial charge in [-0.25, -0.2) is 9.11 Å². The maximum atomic E-state index is 12.2. The molecule has 0 spiro atoms.